The first kappa shape index (κ1) is 19.8. The van der Waals surface area contributed by atoms with Crippen LogP contribution in [0.3, 0.4) is 0 Å². The number of hydrogen-bond donors (Lipinski definition) is 0. The van der Waals surface area contributed by atoms with Crippen molar-refractivity contribution in [2.75, 3.05) is 37.6 Å². The van der Waals surface area contributed by atoms with Gasteiger partial charge in [0.1, 0.15) is 0 Å². The standard InChI is InChI=1S/C24H37N3O/c1-17(2)19-5-7-21(8-6-19)26-14-23-13-22(26)15-27(23)24(28)16-25-11-9-20(10-12-25)18(3)4/h5-8,17-18,20,22-23H,9-16H2,1-4H3. The van der Waals surface area contributed by atoms with E-state index in [2.05, 4.69) is 66.7 Å². The van der Waals surface area contributed by atoms with Crippen molar-refractivity contribution in [2.24, 2.45) is 11.8 Å². The molecule has 1 aromatic rings. The van der Waals surface area contributed by atoms with E-state index in [9.17, 15) is 4.79 Å². The second-order valence-electron chi connectivity index (χ2n) is 9.85. The summed E-state index contributed by atoms with van der Waals surface area (Å²) in [5.74, 6) is 2.53. The van der Waals surface area contributed by atoms with Crippen LogP contribution >= 0.6 is 0 Å². The zero-order chi connectivity index (χ0) is 19.8. The fourth-order valence-electron chi connectivity index (χ4n) is 5.40. The Labute approximate surface area is 170 Å². The lowest BCUT2D eigenvalue weighted by atomic mass is 9.87. The lowest BCUT2D eigenvalue weighted by Crippen LogP contribution is -2.52. The number of amides is 1. The number of likely N-dealkylation sites (tertiary alicyclic amines) is 2. The van der Waals surface area contributed by atoms with Crippen LogP contribution in [-0.4, -0.2) is 60.5 Å². The van der Waals surface area contributed by atoms with Gasteiger partial charge >= 0.3 is 0 Å². The maximum Gasteiger partial charge on any atom is 0.237 e. The number of fused-ring (bicyclic) bond motifs is 2. The van der Waals surface area contributed by atoms with Crippen LogP contribution in [0.25, 0.3) is 0 Å². The van der Waals surface area contributed by atoms with Gasteiger partial charge in [-0.15, -0.1) is 0 Å². The third-order valence-electron chi connectivity index (χ3n) is 7.39. The molecule has 0 aromatic heterocycles. The average Bonchev–Trinajstić information content (AvgIpc) is 3.29. The Morgan fingerprint density at radius 2 is 1.68 bits per heavy atom. The molecule has 0 saturated carbocycles. The van der Waals surface area contributed by atoms with E-state index in [1.165, 1.54) is 24.1 Å². The molecule has 0 radical (unpaired) electrons. The third kappa shape index (κ3) is 3.94. The van der Waals surface area contributed by atoms with Crippen molar-refractivity contribution in [1.29, 1.82) is 0 Å². The minimum Gasteiger partial charge on any atom is -0.365 e. The molecule has 0 N–H and O–H groups in total. The molecule has 4 rings (SSSR count). The molecule has 3 heterocycles. The summed E-state index contributed by atoms with van der Waals surface area (Å²) in [4.78, 5) is 20.0. The number of piperazine rings is 1. The van der Waals surface area contributed by atoms with Crippen molar-refractivity contribution >= 4 is 11.6 Å². The summed E-state index contributed by atoms with van der Waals surface area (Å²) < 4.78 is 0. The Balaban J connectivity index is 1.30. The van der Waals surface area contributed by atoms with Crippen molar-refractivity contribution in [2.45, 2.75) is 65.0 Å². The second-order valence-corrected chi connectivity index (χ2v) is 9.85. The van der Waals surface area contributed by atoms with Gasteiger partial charge < -0.3 is 9.80 Å². The van der Waals surface area contributed by atoms with Gasteiger partial charge in [0, 0.05) is 24.8 Å². The fourth-order valence-corrected chi connectivity index (χ4v) is 5.40. The number of benzene rings is 1. The summed E-state index contributed by atoms with van der Waals surface area (Å²) in [5.41, 5.74) is 2.71. The number of carbonyl (C=O) groups excluding carboxylic acids is 1. The maximum atomic E-state index is 12.9. The third-order valence-corrected chi connectivity index (χ3v) is 7.39. The van der Waals surface area contributed by atoms with E-state index in [1.807, 2.05) is 0 Å². The highest BCUT2D eigenvalue weighted by Crippen LogP contribution is 2.35. The van der Waals surface area contributed by atoms with E-state index in [4.69, 9.17) is 0 Å². The summed E-state index contributed by atoms with van der Waals surface area (Å²) in [5, 5.41) is 0. The van der Waals surface area contributed by atoms with E-state index in [-0.39, 0.29) is 0 Å². The van der Waals surface area contributed by atoms with Crippen molar-refractivity contribution < 1.29 is 4.79 Å². The largest absolute Gasteiger partial charge is 0.365 e. The summed E-state index contributed by atoms with van der Waals surface area (Å²) in [6.07, 6.45) is 3.63. The first-order chi connectivity index (χ1) is 13.4. The predicted molar refractivity (Wildman–Crippen MR) is 116 cm³/mol. The number of nitrogens with zero attached hydrogens (tertiary/aromatic N) is 3. The fraction of sp³-hybridized carbons (Fsp3) is 0.708. The molecule has 0 spiro atoms. The molecule has 2 atom stereocenters. The molecule has 0 aliphatic carbocycles. The zero-order valence-electron chi connectivity index (χ0n) is 18.1. The highest BCUT2D eigenvalue weighted by Gasteiger charge is 2.45. The molecular formula is C24H37N3O. The SMILES string of the molecule is CC(C)c1ccc(N2CC3CC2CN3C(=O)CN2CCC(C(C)C)CC2)cc1. The molecule has 3 saturated heterocycles. The molecule has 3 aliphatic heterocycles. The smallest absolute Gasteiger partial charge is 0.237 e. The first-order valence-electron chi connectivity index (χ1n) is 11.3. The van der Waals surface area contributed by atoms with Gasteiger partial charge in [-0.05, 0) is 67.8 Å². The van der Waals surface area contributed by atoms with E-state index in [0.717, 1.165) is 44.4 Å². The van der Waals surface area contributed by atoms with Crippen LogP contribution in [0.5, 0.6) is 0 Å². The molecule has 4 heteroatoms. The number of hydrogen-bond acceptors (Lipinski definition) is 3. The molecule has 1 aromatic carbocycles. The normalized spacial score (nSPS) is 26.1. The Hall–Kier alpha value is -1.55. The van der Waals surface area contributed by atoms with Crippen LogP contribution in [0.2, 0.25) is 0 Å². The quantitative estimate of drug-likeness (QED) is 0.770. The summed E-state index contributed by atoms with van der Waals surface area (Å²) in [6, 6.07) is 9.94. The molecule has 1 amide bonds. The van der Waals surface area contributed by atoms with Crippen molar-refractivity contribution in [3.63, 3.8) is 0 Å². The molecule has 28 heavy (non-hydrogen) atoms. The summed E-state index contributed by atoms with van der Waals surface area (Å²) in [6.45, 7) is 13.8. The van der Waals surface area contributed by atoms with Gasteiger partial charge in [0.25, 0.3) is 0 Å². The Bertz CT molecular complexity index is 676. The van der Waals surface area contributed by atoms with Crippen LogP contribution in [0.4, 0.5) is 5.69 Å². The van der Waals surface area contributed by atoms with Crippen molar-refractivity contribution in [3.8, 4) is 0 Å². The molecule has 2 bridgehead atoms. The number of carbonyl (C=O) groups is 1. The van der Waals surface area contributed by atoms with Gasteiger partial charge in [-0.3, -0.25) is 9.69 Å². The molecular weight excluding hydrogens is 346 g/mol. The van der Waals surface area contributed by atoms with Crippen LogP contribution in [-0.2, 0) is 4.79 Å². The van der Waals surface area contributed by atoms with Crippen LogP contribution < -0.4 is 4.90 Å². The van der Waals surface area contributed by atoms with E-state index in [0.29, 0.717) is 30.5 Å². The highest BCUT2D eigenvalue weighted by atomic mass is 16.2. The average molecular weight is 384 g/mol. The van der Waals surface area contributed by atoms with E-state index < -0.39 is 0 Å². The number of anilines is 1. The topological polar surface area (TPSA) is 26.8 Å². The lowest BCUT2D eigenvalue weighted by molar-refractivity contribution is -0.133. The van der Waals surface area contributed by atoms with E-state index >= 15 is 0 Å². The molecule has 3 aliphatic rings. The zero-order valence-corrected chi connectivity index (χ0v) is 18.1. The second kappa shape index (κ2) is 8.06. The lowest BCUT2D eigenvalue weighted by Gasteiger charge is -2.38. The molecule has 4 nitrogen and oxygen atoms in total. The van der Waals surface area contributed by atoms with Gasteiger partial charge in [0.05, 0.1) is 12.6 Å². The Morgan fingerprint density at radius 1 is 1.00 bits per heavy atom. The van der Waals surface area contributed by atoms with Gasteiger partial charge in [0.2, 0.25) is 5.91 Å². The van der Waals surface area contributed by atoms with Gasteiger partial charge in [-0.25, -0.2) is 0 Å². The number of rotatable bonds is 5. The predicted octanol–water partition coefficient (Wildman–Crippen LogP) is 3.97. The first-order valence-corrected chi connectivity index (χ1v) is 11.3. The summed E-state index contributed by atoms with van der Waals surface area (Å²) in [7, 11) is 0. The Morgan fingerprint density at radius 3 is 2.21 bits per heavy atom. The highest BCUT2D eigenvalue weighted by molar-refractivity contribution is 5.79. The molecule has 2 unspecified atom stereocenters. The Kier molecular flexibility index (Phi) is 5.69. The van der Waals surface area contributed by atoms with Gasteiger partial charge in [-0.2, -0.15) is 0 Å². The minimum atomic E-state index is 0.352. The van der Waals surface area contributed by atoms with Crippen molar-refractivity contribution in [3.05, 3.63) is 29.8 Å². The molecule has 3 fully saturated rings. The molecule has 154 valence electrons. The van der Waals surface area contributed by atoms with E-state index in [1.54, 1.807) is 0 Å². The summed E-state index contributed by atoms with van der Waals surface area (Å²) >= 11 is 0. The number of piperidine rings is 1. The minimum absolute atomic E-state index is 0.352. The van der Waals surface area contributed by atoms with Crippen LogP contribution in [0.1, 0.15) is 58.4 Å². The van der Waals surface area contributed by atoms with Gasteiger partial charge in [0.15, 0.2) is 0 Å². The van der Waals surface area contributed by atoms with Crippen LogP contribution in [0.15, 0.2) is 24.3 Å². The van der Waals surface area contributed by atoms with Crippen molar-refractivity contribution in [1.82, 2.24) is 9.80 Å². The monoisotopic (exact) mass is 383 g/mol. The van der Waals surface area contributed by atoms with Gasteiger partial charge in [-0.1, -0.05) is 39.8 Å². The maximum absolute atomic E-state index is 12.9. The van der Waals surface area contributed by atoms with Crippen LogP contribution in [0, 0.1) is 11.8 Å².